The highest BCUT2D eigenvalue weighted by Gasteiger charge is 2.29. The van der Waals surface area contributed by atoms with Crippen molar-refractivity contribution in [3.8, 4) is 0 Å². The summed E-state index contributed by atoms with van der Waals surface area (Å²) in [6.07, 6.45) is 2.09. The molecule has 1 aliphatic heterocycles. The molecular weight excluding hydrogens is 328 g/mol. The average molecular weight is 345 g/mol. The maximum absolute atomic E-state index is 12.3. The molecule has 7 heteroatoms. The van der Waals surface area contributed by atoms with Crippen LogP contribution in [0.4, 0.5) is 0 Å². The van der Waals surface area contributed by atoms with E-state index in [2.05, 4.69) is 20.0 Å². The zero-order valence-electron chi connectivity index (χ0n) is 13.3. The molecule has 0 spiro atoms. The lowest BCUT2D eigenvalue weighted by atomic mass is 10.1. The van der Waals surface area contributed by atoms with Crippen molar-refractivity contribution >= 4 is 22.5 Å². The summed E-state index contributed by atoms with van der Waals surface area (Å²) < 4.78 is 5.42. The molecule has 6 nitrogen and oxygen atoms in total. The normalized spacial score (nSPS) is 18.5. The molecule has 1 N–H and O–H groups in total. The molecule has 1 aromatic carbocycles. The minimum atomic E-state index is -0.141. The number of H-pyrrole nitrogens is 1. The third kappa shape index (κ3) is 2.83. The summed E-state index contributed by atoms with van der Waals surface area (Å²) >= 11 is 6.02. The number of halogens is 1. The van der Waals surface area contributed by atoms with E-state index in [9.17, 15) is 4.79 Å². The van der Waals surface area contributed by atoms with Crippen LogP contribution in [-0.4, -0.2) is 26.6 Å². The number of nitrogens with zero attached hydrogens (tertiary/aromatic N) is 3. The van der Waals surface area contributed by atoms with Gasteiger partial charge in [-0.15, -0.1) is 0 Å². The van der Waals surface area contributed by atoms with Crippen LogP contribution < -0.4 is 5.56 Å². The van der Waals surface area contributed by atoms with Crippen molar-refractivity contribution in [3.05, 3.63) is 56.9 Å². The van der Waals surface area contributed by atoms with Gasteiger partial charge in [0, 0.05) is 11.1 Å². The summed E-state index contributed by atoms with van der Waals surface area (Å²) in [4.78, 5) is 22.0. The molecule has 0 radical (unpaired) electrons. The second-order valence-corrected chi connectivity index (χ2v) is 6.61. The van der Waals surface area contributed by atoms with E-state index in [4.69, 9.17) is 16.1 Å². The average Bonchev–Trinajstić information content (AvgIpc) is 3.15. The molecule has 0 aliphatic carbocycles. The first-order chi connectivity index (χ1) is 11.6. The van der Waals surface area contributed by atoms with Gasteiger partial charge in [0.05, 0.1) is 29.2 Å². The summed E-state index contributed by atoms with van der Waals surface area (Å²) in [6, 6.07) is 7.26. The molecule has 3 aromatic rings. The lowest BCUT2D eigenvalue weighted by molar-refractivity contribution is 0.202. The van der Waals surface area contributed by atoms with Gasteiger partial charge in [-0.05, 0) is 44.5 Å². The summed E-state index contributed by atoms with van der Waals surface area (Å²) in [5.74, 6) is 1.51. The van der Waals surface area contributed by atoms with Gasteiger partial charge < -0.3 is 9.51 Å². The lowest BCUT2D eigenvalue weighted by Gasteiger charge is -2.21. The molecule has 0 saturated carbocycles. The van der Waals surface area contributed by atoms with E-state index in [0.717, 1.165) is 30.8 Å². The number of aromatic amines is 1. The minimum absolute atomic E-state index is 0.141. The third-order valence-corrected chi connectivity index (χ3v) is 4.64. The Hall–Kier alpha value is -2.18. The molecule has 0 amide bonds. The molecule has 0 unspecified atom stereocenters. The predicted octanol–water partition coefficient (Wildman–Crippen LogP) is 3.21. The Morgan fingerprint density at radius 1 is 1.42 bits per heavy atom. The highest BCUT2D eigenvalue weighted by Crippen LogP contribution is 2.33. The SMILES string of the molecule is Cc1cc([C@@H]2CCCN2Cc2nc3cc(Cl)ccc3c(=O)[nH]2)on1. The number of hydrogen-bond donors (Lipinski definition) is 1. The fourth-order valence-corrected chi connectivity index (χ4v) is 3.47. The first-order valence-corrected chi connectivity index (χ1v) is 8.34. The van der Waals surface area contributed by atoms with Crippen molar-refractivity contribution in [2.45, 2.75) is 32.4 Å². The van der Waals surface area contributed by atoms with Gasteiger partial charge >= 0.3 is 0 Å². The van der Waals surface area contributed by atoms with Gasteiger partial charge in [-0.2, -0.15) is 0 Å². The number of aromatic nitrogens is 3. The van der Waals surface area contributed by atoms with E-state index in [-0.39, 0.29) is 11.6 Å². The largest absolute Gasteiger partial charge is 0.359 e. The molecule has 2 aromatic heterocycles. The minimum Gasteiger partial charge on any atom is -0.359 e. The maximum atomic E-state index is 12.3. The zero-order valence-corrected chi connectivity index (χ0v) is 14.0. The Kier molecular flexibility index (Phi) is 3.86. The molecule has 1 fully saturated rings. The van der Waals surface area contributed by atoms with E-state index in [0.29, 0.717) is 28.3 Å². The van der Waals surface area contributed by atoms with Gasteiger partial charge in [0.1, 0.15) is 5.82 Å². The van der Waals surface area contributed by atoms with Gasteiger partial charge in [0.25, 0.3) is 5.56 Å². The molecule has 3 heterocycles. The Balaban J connectivity index is 1.64. The monoisotopic (exact) mass is 344 g/mol. The highest BCUT2D eigenvalue weighted by atomic mass is 35.5. The van der Waals surface area contributed by atoms with E-state index in [1.807, 2.05) is 13.0 Å². The number of fused-ring (bicyclic) bond motifs is 1. The van der Waals surface area contributed by atoms with E-state index >= 15 is 0 Å². The van der Waals surface area contributed by atoms with Gasteiger partial charge in [0.15, 0.2) is 5.76 Å². The summed E-state index contributed by atoms with van der Waals surface area (Å²) in [7, 11) is 0. The van der Waals surface area contributed by atoms with Crippen LogP contribution in [0, 0.1) is 6.92 Å². The molecule has 24 heavy (non-hydrogen) atoms. The fourth-order valence-electron chi connectivity index (χ4n) is 3.31. The fraction of sp³-hybridized carbons (Fsp3) is 0.353. The van der Waals surface area contributed by atoms with Crippen LogP contribution in [0.25, 0.3) is 10.9 Å². The first kappa shape index (κ1) is 15.4. The van der Waals surface area contributed by atoms with Crippen LogP contribution in [0.5, 0.6) is 0 Å². The molecular formula is C17H17ClN4O2. The number of nitrogens with one attached hydrogen (secondary N) is 1. The molecule has 4 rings (SSSR count). The zero-order chi connectivity index (χ0) is 16.7. The van der Waals surface area contributed by atoms with Crippen LogP contribution in [0.2, 0.25) is 5.02 Å². The third-order valence-electron chi connectivity index (χ3n) is 4.41. The molecule has 1 saturated heterocycles. The van der Waals surface area contributed by atoms with Crippen molar-refractivity contribution in [3.63, 3.8) is 0 Å². The maximum Gasteiger partial charge on any atom is 0.258 e. The van der Waals surface area contributed by atoms with Crippen molar-refractivity contribution in [1.82, 2.24) is 20.0 Å². The Labute approximate surface area is 143 Å². The number of rotatable bonds is 3. The Bertz CT molecular complexity index is 949. The van der Waals surface area contributed by atoms with Crippen LogP contribution in [0.1, 0.15) is 36.2 Å². The van der Waals surface area contributed by atoms with Crippen molar-refractivity contribution in [1.29, 1.82) is 0 Å². The van der Waals surface area contributed by atoms with Crippen LogP contribution in [0.3, 0.4) is 0 Å². The highest BCUT2D eigenvalue weighted by molar-refractivity contribution is 6.31. The molecule has 1 atom stereocenters. The van der Waals surface area contributed by atoms with Gasteiger partial charge in [-0.1, -0.05) is 16.8 Å². The van der Waals surface area contributed by atoms with E-state index in [1.165, 1.54) is 0 Å². The van der Waals surface area contributed by atoms with Gasteiger partial charge in [-0.25, -0.2) is 4.98 Å². The van der Waals surface area contributed by atoms with Crippen molar-refractivity contribution in [2.75, 3.05) is 6.54 Å². The predicted molar refractivity (Wildman–Crippen MR) is 91.0 cm³/mol. The topological polar surface area (TPSA) is 75.0 Å². The number of aryl methyl sites for hydroxylation is 1. The second kappa shape index (κ2) is 6.03. The first-order valence-electron chi connectivity index (χ1n) is 7.96. The molecule has 0 bridgehead atoms. The Morgan fingerprint density at radius 3 is 3.08 bits per heavy atom. The van der Waals surface area contributed by atoms with Crippen molar-refractivity contribution < 1.29 is 4.52 Å². The van der Waals surface area contributed by atoms with Crippen LogP contribution >= 0.6 is 11.6 Å². The smallest absolute Gasteiger partial charge is 0.258 e. The second-order valence-electron chi connectivity index (χ2n) is 6.17. The Morgan fingerprint density at radius 2 is 2.29 bits per heavy atom. The molecule has 124 valence electrons. The van der Waals surface area contributed by atoms with E-state index in [1.54, 1.807) is 18.2 Å². The quantitative estimate of drug-likeness (QED) is 0.789. The van der Waals surface area contributed by atoms with Gasteiger partial charge in [0.2, 0.25) is 0 Å². The van der Waals surface area contributed by atoms with Gasteiger partial charge in [-0.3, -0.25) is 9.69 Å². The van der Waals surface area contributed by atoms with Crippen LogP contribution in [0.15, 0.2) is 33.6 Å². The van der Waals surface area contributed by atoms with Crippen molar-refractivity contribution in [2.24, 2.45) is 0 Å². The molecule has 1 aliphatic rings. The summed E-state index contributed by atoms with van der Waals surface area (Å²) in [5.41, 5.74) is 1.36. The standard InChI is InChI=1S/C17H17ClN4O2/c1-10-7-15(24-21-10)14-3-2-6-22(14)9-16-19-13-8-11(18)4-5-12(13)17(23)20-16/h4-5,7-8,14H,2-3,6,9H2,1H3,(H,19,20,23)/t14-/m0/s1. The summed E-state index contributed by atoms with van der Waals surface area (Å²) in [5, 5.41) is 5.10. The number of likely N-dealkylation sites (tertiary alicyclic amines) is 1. The number of benzene rings is 1. The summed E-state index contributed by atoms with van der Waals surface area (Å²) in [6.45, 7) is 3.40. The van der Waals surface area contributed by atoms with E-state index < -0.39 is 0 Å². The lowest BCUT2D eigenvalue weighted by Crippen LogP contribution is -2.25. The number of hydrogen-bond acceptors (Lipinski definition) is 5. The van der Waals surface area contributed by atoms with Crippen LogP contribution in [-0.2, 0) is 6.54 Å².